The quantitative estimate of drug-likeness (QED) is 0.934. The van der Waals surface area contributed by atoms with Gasteiger partial charge >= 0.3 is 0 Å². The first-order chi connectivity index (χ1) is 8.27. The summed E-state index contributed by atoms with van der Waals surface area (Å²) >= 11 is 3.41. The number of rotatable bonds is 4. The largest absolute Gasteiger partial charge is 0.491 e. The number of halogens is 1. The van der Waals surface area contributed by atoms with Crippen LogP contribution in [0, 0.1) is 0 Å². The van der Waals surface area contributed by atoms with Gasteiger partial charge in [0, 0.05) is 4.47 Å². The van der Waals surface area contributed by atoms with Crippen molar-refractivity contribution >= 4 is 15.9 Å². The van der Waals surface area contributed by atoms with E-state index in [0.717, 1.165) is 15.8 Å². The monoisotopic (exact) mass is 292 g/mol. The van der Waals surface area contributed by atoms with Crippen molar-refractivity contribution in [1.29, 1.82) is 0 Å². The lowest BCUT2D eigenvalue weighted by Gasteiger charge is -2.13. The summed E-state index contributed by atoms with van der Waals surface area (Å²) in [6, 6.07) is 17.1. The first-order valence-corrected chi connectivity index (χ1v) is 6.17. The van der Waals surface area contributed by atoms with E-state index < -0.39 is 6.10 Å². The summed E-state index contributed by atoms with van der Waals surface area (Å²) in [6.07, 6.45) is -0.634. The van der Waals surface area contributed by atoms with Gasteiger partial charge in [0.15, 0.2) is 0 Å². The Hall–Kier alpha value is -1.32. The van der Waals surface area contributed by atoms with Crippen LogP contribution in [0.2, 0.25) is 0 Å². The second kappa shape index (κ2) is 5.84. The summed E-state index contributed by atoms with van der Waals surface area (Å²) in [5.74, 6) is 0.763. The fourth-order valence-corrected chi connectivity index (χ4v) is 2.08. The Morgan fingerprint density at radius 2 is 1.65 bits per heavy atom. The third kappa shape index (κ3) is 3.32. The maximum Gasteiger partial charge on any atom is 0.119 e. The van der Waals surface area contributed by atoms with E-state index in [1.54, 1.807) is 0 Å². The van der Waals surface area contributed by atoms with E-state index in [1.165, 1.54) is 0 Å². The highest BCUT2D eigenvalue weighted by Gasteiger charge is 2.11. The van der Waals surface area contributed by atoms with Crippen molar-refractivity contribution < 1.29 is 9.84 Å². The van der Waals surface area contributed by atoms with Gasteiger partial charge in [-0.05, 0) is 23.8 Å². The predicted molar refractivity (Wildman–Crippen MR) is 71.0 cm³/mol. The topological polar surface area (TPSA) is 29.5 Å². The van der Waals surface area contributed by atoms with E-state index in [2.05, 4.69) is 15.9 Å². The molecule has 2 nitrogen and oxygen atoms in total. The lowest BCUT2D eigenvalue weighted by molar-refractivity contribution is 0.107. The van der Waals surface area contributed by atoms with Gasteiger partial charge in [-0.2, -0.15) is 0 Å². The van der Waals surface area contributed by atoms with Crippen LogP contribution in [-0.2, 0) is 0 Å². The lowest BCUT2D eigenvalue weighted by atomic mass is 10.1. The molecular weight excluding hydrogens is 280 g/mol. The zero-order chi connectivity index (χ0) is 12.1. The maximum absolute atomic E-state index is 10.0. The Labute approximate surface area is 109 Å². The molecule has 2 rings (SSSR count). The molecule has 0 saturated carbocycles. The van der Waals surface area contributed by atoms with Crippen molar-refractivity contribution in [2.75, 3.05) is 6.61 Å². The minimum absolute atomic E-state index is 0.243. The Morgan fingerprint density at radius 1 is 1.00 bits per heavy atom. The molecule has 0 fully saturated rings. The standard InChI is InChI=1S/C14H13BrO2/c15-13-9-5-4-8-12(13)14(16)10-17-11-6-2-1-3-7-11/h1-9,14,16H,10H2. The minimum atomic E-state index is -0.634. The number of aliphatic hydroxyl groups excluding tert-OH is 1. The Bertz CT molecular complexity index is 471. The molecule has 0 aliphatic rings. The zero-order valence-electron chi connectivity index (χ0n) is 9.21. The van der Waals surface area contributed by atoms with Gasteiger partial charge in [-0.3, -0.25) is 0 Å². The second-order valence-corrected chi connectivity index (χ2v) is 4.52. The van der Waals surface area contributed by atoms with Crippen molar-refractivity contribution in [3.05, 3.63) is 64.6 Å². The van der Waals surface area contributed by atoms with Crippen molar-refractivity contribution in [2.45, 2.75) is 6.10 Å². The molecule has 3 heteroatoms. The molecule has 0 aromatic heterocycles. The van der Waals surface area contributed by atoms with Crippen LogP contribution >= 0.6 is 15.9 Å². The Balaban J connectivity index is 1.99. The van der Waals surface area contributed by atoms with Gasteiger partial charge in [0.05, 0.1) is 0 Å². The van der Waals surface area contributed by atoms with Gasteiger partial charge in [0.1, 0.15) is 18.5 Å². The highest BCUT2D eigenvalue weighted by molar-refractivity contribution is 9.10. The molecule has 1 unspecified atom stereocenters. The summed E-state index contributed by atoms with van der Waals surface area (Å²) in [6.45, 7) is 0.243. The number of aliphatic hydroxyl groups is 1. The van der Waals surface area contributed by atoms with Gasteiger partial charge in [-0.1, -0.05) is 52.3 Å². The number of hydrogen-bond acceptors (Lipinski definition) is 2. The Kier molecular flexibility index (Phi) is 4.18. The van der Waals surface area contributed by atoms with E-state index >= 15 is 0 Å². The fourth-order valence-electron chi connectivity index (χ4n) is 1.53. The molecule has 0 spiro atoms. The molecule has 2 aromatic carbocycles. The van der Waals surface area contributed by atoms with Crippen LogP contribution in [0.15, 0.2) is 59.1 Å². The third-order valence-corrected chi connectivity index (χ3v) is 3.14. The molecule has 0 bridgehead atoms. The fraction of sp³-hybridized carbons (Fsp3) is 0.143. The van der Waals surface area contributed by atoms with E-state index in [0.29, 0.717) is 0 Å². The first-order valence-electron chi connectivity index (χ1n) is 5.37. The van der Waals surface area contributed by atoms with E-state index in [1.807, 2.05) is 54.6 Å². The van der Waals surface area contributed by atoms with Gasteiger partial charge in [-0.25, -0.2) is 0 Å². The third-order valence-electron chi connectivity index (χ3n) is 2.42. The summed E-state index contributed by atoms with van der Waals surface area (Å²) < 4.78 is 6.40. The van der Waals surface area contributed by atoms with Gasteiger partial charge in [-0.15, -0.1) is 0 Å². The molecule has 88 valence electrons. The Morgan fingerprint density at radius 3 is 2.35 bits per heavy atom. The highest BCUT2D eigenvalue weighted by Crippen LogP contribution is 2.23. The van der Waals surface area contributed by atoms with Gasteiger partial charge < -0.3 is 9.84 Å². The lowest BCUT2D eigenvalue weighted by Crippen LogP contribution is -2.10. The zero-order valence-corrected chi connectivity index (χ0v) is 10.8. The molecule has 2 aromatic rings. The number of para-hydroxylation sites is 1. The van der Waals surface area contributed by atoms with E-state index in [-0.39, 0.29) is 6.61 Å². The average molecular weight is 293 g/mol. The van der Waals surface area contributed by atoms with Crippen LogP contribution in [0.3, 0.4) is 0 Å². The molecule has 0 aliphatic heterocycles. The summed E-state index contributed by atoms with van der Waals surface area (Å²) in [5, 5.41) is 10.0. The van der Waals surface area contributed by atoms with E-state index in [9.17, 15) is 5.11 Å². The van der Waals surface area contributed by atoms with Gasteiger partial charge in [0.25, 0.3) is 0 Å². The maximum atomic E-state index is 10.0. The molecule has 17 heavy (non-hydrogen) atoms. The molecule has 0 aliphatic carbocycles. The summed E-state index contributed by atoms with van der Waals surface area (Å²) in [5.41, 5.74) is 0.837. The second-order valence-electron chi connectivity index (χ2n) is 3.66. The molecule has 1 N–H and O–H groups in total. The van der Waals surface area contributed by atoms with Crippen molar-refractivity contribution in [3.63, 3.8) is 0 Å². The first kappa shape index (κ1) is 12.1. The van der Waals surface area contributed by atoms with Crippen LogP contribution in [-0.4, -0.2) is 11.7 Å². The average Bonchev–Trinajstić information content (AvgIpc) is 2.38. The van der Waals surface area contributed by atoms with E-state index in [4.69, 9.17) is 4.74 Å². The number of benzene rings is 2. The molecule has 0 radical (unpaired) electrons. The van der Waals surface area contributed by atoms with Crippen molar-refractivity contribution in [2.24, 2.45) is 0 Å². The van der Waals surface area contributed by atoms with Crippen molar-refractivity contribution in [1.82, 2.24) is 0 Å². The predicted octanol–water partition coefficient (Wildman–Crippen LogP) is 3.56. The minimum Gasteiger partial charge on any atom is -0.491 e. The molecule has 0 heterocycles. The van der Waals surface area contributed by atoms with Crippen LogP contribution in [0.4, 0.5) is 0 Å². The van der Waals surface area contributed by atoms with Crippen molar-refractivity contribution in [3.8, 4) is 5.75 Å². The smallest absolute Gasteiger partial charge is 0.119 e. The van der Waals surface area contributed by atoms with Crippen LogP contribution in [0.25, 0.3) is 0 Å². The molecule has 0 saturated heterocycles. The number of hydrogen-bond donors (Lipinski definition) is 1. The molecular formula is C14H13BrO2. The highest BCUT2D eigenvalue weighted by atomic mass is 79.9. The normalized spacial score (nSPS) is 12.1. The van der Waals surface area contributed by atoms with Crippen LogP contribution in [0.5, 0.6) is 5.75 Å². The van der Waals surface area contributed by atoms with Gasteiger partial charge in [0.2, 0.25) is 0 Å². The number of ether oxygens (including phenoxy) is 1. The van der Waals surface area contributed by atoms with Crippen LogP contribution < -0.4 is 4.74 Å². The summed E-state index contributed by atoms with van der Waals surface area (Å²) in [7, 11) is 0. The SMILES string of the molecule is OC(COc1ccccc1)c1ccccc1Br. The molecule has 0 amide bonds. The summed E-state index contributed by atoms with van der Waals surface area (Å²) in [4.78, 5) is 0. The van der Waals surface area contributed by atoms with Crippen LogP contribution in [0.1, 0.15) is 11.7 Å². The molecule has 1 atom stereocenters.